The molecule has 0 aliphatic carbocycles. The number of fused-ring (bicyclic) bond motifs is 1. The summed E-state index contributed by atoms with van der Waals surface area (Å²) in [6.45, 7) is 5.83. The van der Waals surface area contributed by atoms with Crippen LogP contribution in [0.25, 0.3) is 22.2 Å². The second kappa shape index (κ2) is 9.49. The van der Waals surface area contributed by atoms with Crippen LogP contribution in [0, 0.1) is 0 Å². The fourth-order valence-corrected chi connectivity index (χ4v) is 5.11. The topological polar surface area (TPSA) is 83.6 Å². The number of para-hydroxylation sites is 1. The number of hydrogen-bond donors (Lipinski definition) is 1. The molecule has 33 heavy (non-hydrogen) atoms. The maximum absolute atomic E-state index is 12.6. The molecular weight excluding hydrogens is 418 g/mol. The van der Waals surface area contributed by atoms with Gasteiger partial charge in [-0.05, 0) is 31.4 Å². The molecule has 0 radical (unpaired) electrons. The highest BCUT2D eigenvalue weighted by molar-refractivity contribution is 5.85. The van der Waals surface area contributed by atoms with Crippen LogP contribution in [0.15, 0.2) is 36.5 Å². The normalized spacial score (nSPS) is 20.7. The summed E-state index contributed by atoms with van der Waals surface area (Å²) in [5, 5.41) is 1.04. The monoisotopic (exact) mass is 449 g/mol. The van der Waals surface area contributed by atoms with E-state index in [-0.39, 0.29) is 11.9 Å². The maximum atomic E-state index is 12.6. The van der Waals surface area contributed by atoms with E-state index < -0.39 is 0 Å². The highest BCUT2D eigenvalue weighted by Gasteiger charge is 2.32. The first-order valence-electron chi connectivity index (χ1n) is 11.7. The van der Waals surface area contributed by atoms with Crippen molar-refractivity contribution in [3.8, 4) is 17.1 Å². The van der Waals surface area contributed by atoms with Crippen LogP contribution in [0.3, 0.4) is 0 Å². The first-order chi connectivity index (χ1) is 16.1. The van der Waals surface area contributed by atoms with Crippen molar-refractivity contribution in [2.45, 2.75) is 38.3 Å². The van der Waals surface area contributed by atoms with Gasteiger partial charge >= 0.3 is 0 Å². The van der Waals surface area contributed by atoms with Crippen molar-refractivity contribution in [3.05, 3.63) is 42.4 Å². The third-order valence-corrected chi connectivity index (χ3v) is 6.89. The van der Waals surface area contributed by atoms with E-state index in [0.29, 0.717) is 18.5 Å². The SMILES string of the molecule is COc1nc2ccccc2cc1-c1cnc(C2CCN(C3CCOCC3)CCN2C(C)=O)[nH]1. The number of nitrogens with zero attached hydrogens (tertiary/aromatic N) is 4. The number of methoxy groups -OCH3 is 1. The number of hydrogen-bond acceptors (Lipinski definition) is 6. The fraction of sp³-hybridized carbons (Fsp3) is 0.480. The molecule has 3 aromatic rings. The van der Waals surface area contributed by atoms with Gasteiger partial charge in [0.05, 0.1) is 36.1 Å². The predicted molar refractivity (Wildman–Crippen MR) is 126 cm³/mol. The standard InChI is InChI=1S/C25H31N5O3/c1-17(31)30-12-11-29(19-8-13-33-14-9-19)10-7-23(30)24-26-16-22(27-24)20-15-18-5-3-4-6-21(18)28-25(20)32-2/h3-6,15-16,19,23H,7-14H2,1-2H3,(H,26,27). The molecule has 1 amide bonds. The molecule has 2 aliphatic heterocycles. The van der Waals surface area contributed by atoms with Crippen LogP contribution in [0.1, 0.15) is 38.1 Å². The summed E-state index contributed by atoms with van der Waals surface area (Å²) < 4.78 is 11.1. The van der Waals surface area contributed by atoms with Gasteiger partial charge in [0.1, 0.15) is 5.82 Å². The van der Waals surface area contributed by atoms with Gasteiger partial charge in [0, 0.05) is 51.2 Å². The number of nitrogens with one attached hydrogen (secondary N) is 1. The number of aromatic amines is 1. The zero-order valence-corrected chi connectivity index (χ0v) is 19.3. The summed E-state index contributed by atoms with van der Waals surface area (Å²) in [4.78, 5) is 29.9. The maximum Gasteiger partial charge on any atom is 0.223 e. The molecule has 0 saturated carbocycles. The van der Waals surface area contributed by atoms with E-state index in [1.165, 1.54) is 0 Å². The Balaban J connectivity index is 1.43. The summed E-state index contributed by atoms with van der Waals surface area (Å²) in [6, 6.07) is 10.5. The van der Waals surface area contributed by atoms with E-state index >= 15 is 0 Å². The number of carbonyl (C=O) groups is 1. The molecule has 5 rings (SSSR count). The van der Waals surface area contributed by atoms with Crippen LogP contribution in [-0.4, -0.2) is 76.7 Å². The lowest BCUT2D eigenvalue weighted by Crippen LogP contribution is -2.42. The molecule has 2 aliphatic rings. The van der Waals surface area contributed by atoms with E-state index in [0.717, 1.165) is 73.6 Å². The van der Waals surface area contributed by atoms with Gasteiger partial charge in [-0.2, -0.15) is 0 Å². The molecule has 4 heterocycles. The zero-order valence-electron chi connectivity index (χ0n) is 19.3. The zero-order chi connectivity index (χ0) is 22.8. The molecule has 2 aromatic heterocycles. The Morgan fingerprint density at radius 1 is 1.15 bits per heavy atom. The van der Waals surface area contributed by atoms with E-state index in [1.54, 1.807) is 14.0 Å². The van der Waals surface area contributed by atoms with Crippen LogP contribution in [-0.2, 0) is 9.53 Å². The number of benzene rings is 1. The smallest absolute Gasteiger partial charge is 0.223 e. The van der Waals surface area contributed by atoms with Gasteiger partial charge in [-0.25, -0.2) is 9.97 Å². The molecule has 2 fully saturated rings. The fourth-order valence-electron chi connectivity index (χ4n) is 5.11. The lowest BCUT2D eigenvalue weighted by molar-refractivity contribution is -0.131. The van der Waals surface area contributed by atoms with E-state index in [1.807, 2.05) is 35.4 Å². The summed E-state index contributed by atoms with van der Waals surface area (Å²) >= 11 is 0. The molecular formula is C25H31N5O3. The summed E-state index contributed by atoms with van der Waals surface area (Å²) in [7, 11) is 1.63. The van der Waals surface area contributed by atoms with Crippen LogP contribution >= 0.6 is 0 Å². The Morgan fingerprint density at radius 2 is 1.97 bits per heavy atom. The summed E-state index contributed by atoms with van der Waals surface area (Å²) in [6.07, 6.45) is 4.79. The third-order valence-electron chi connectivity index (χ3n) is 6.89. The summed E-state index contributed by atoms with van der Waals surface area (Å²) in [5.74, 6) is 1.44. The van der Waals surface area contributed by atoms with E-state index in [4.69, 9.17) is 14.5 Å². The number of H-pyrrole nitrogens is 1. The highest BCUT2D eigenvalue weighted by Crippen LogP contribution is 2.33. The van der Waals surface area contributed by atoms with Crippen molar-refractivity contribution >= 4 is 16.8 Å². The lowest BCUT2D eigenvalue weighted by Gasteiger charge is -2.33. The molecule has 174 valence electrons. The van der Waals surface area contributed by atoms with Gasteiger partial charge in [-0.15, -0.1) is 0 Å². The van der Waals surface area contributed by atoms with Gasteiger partial charge < -0.3 is 19.4 Å². The van der Waals surface area contributed by atoms with Crippen molar-refractivity contribution in [2.24, 2.45) is 0 Å². The van der Waals surface area contributed by atoms with Gasteiger partial charge in [-0.1, -0.05) is 18.2 Å². The molecule has 1 aromatic carbocycles. The number of carbonyl (C=O) groups excluding carboxylic acids is 1. The van der Waals surface area contributed by atoms with Crippen LogP contribution in [0.2, 0.25) is 0 Å². The Morgan fingerprint density at radius 3 is 2.76 bits per heavy atom. The van der Waals surface area contributed by atoms with E-state index in [9.17, 15) is 4.79 Å². The minimum absolute atomic E-state index is 0.0803. The minimum atomic E-state index is -0.0829. The van der Waals surface area contributed by atoms with Crippen molar-refractivity contribution in [1.82, 2.24) is 24.8 Å². The molecule has 0 bridgehead atoms. The van der Waals surface area contributed by atoms with Crippen molar-refractivity contribution in [2.75, 3.05) is 40.0 Å². The molecule has 8 heteroatoms. The molecule has 8 nitrogen and oxygen atoms in total. The molecule has 0 spiro atoms. The van der Waals surface area contributed by atoms with Gasteiger partial charge in [-0.3, -0.25) is 9.69 Å². The Hall–Kier alpha value is -2.97. The molecule has 1 atom stereocenters. The summed E-state index contributed by atoms with van der Waals surface area (Å²) in [5.41, 5.74) is 2.59. The van der Waals surface area contributed by atoms with Crippen LogP contribution in [0.5, 0.6) is 5.88 Å². The minimum Gasteiger partial charge on any atom is -0.480 e. The first kappa shape index (κ1) is 21.9. The second-order valence-electron chi connectivity index (χ2n) is 8.82. The molecule has 1 N–H and O–H groups in total. The van der Waals surface area contributed by atoms with Crippen molar-refractivity contribution < 1.29 is 14.3 Å². The van der Waals surface area contributed by atoms with Crippen LogP contribution < -0.4 is 4.74 Å². The quantitative estimate of drug-likeness (QED) is 0.657. The second-order valence-corrected chi connectivity index (χ2v) is 8.82. The average Bonchev–Trinajstić information content (AvgIpc) is 3.22. The van der Waals surface area contributed by atoms with Gasteiger partial charge in [0.25, 0.3) is 0 Å². The van der Waals surface area contributed by atoms with Gasteiger partial charge in [0.15, 0.2) is 0 Å². The number of ether oxygens (including phenoxy) is 2. The number of pyridine rings is 1. The van der Waals surface area contributed by atoms with Crippen molar-refractivity contribution in [3.63, 3.8) is 0 Å². The van der Waals surface area contributed by atoms with Gasteiger partial charge in [0.2, 0.25) is 11.8 Å². The van der Waals surface area contributed by atoms with E-state index in [2.05, 4.69) is 20.9 Å². The largest absolute Gasteiger partial charge is 0.480 e. The van der Waals surface area contributed by atoms with Crippen molar-refractivity contribution in [1.29, 1.82) is 0 Å². The predicted octanol–water partition coefficient (Wildman–Crippen LogP) is 3.41. The Bertz CT molecular complexity index is 1120. The highest BCUT2D eigenvalue weighted by atomic mass is 16.5. The first-order valence-corrected chi connectivity index (χ1v) is 11.7. The molecule has 2 saturated heterocycles. The Kier molecular flexibility index (Phi) is 6.28. The number of rotatable bonds is 4. The average molecular weight is 450 g/mol. The Labute approximate surface area is 193 Å². The van der Waals surface area contributed by atoms with Crippen LogP contribution in [0.4, 0.5) is 0 Å². The third kappa shape index (κ3) is 4.45. The number of aromatic nitrogens is 3. The lowest BCUT2D eigenvalue weighted by atomic mass is 10.1. The number of amides is 1. The number of imidazole rings is 1. The molecule has 1 unspecified atom stereocenters.